The Morgan fingerprint density at radius 1 is 0.967 bits per heavy atom. The summed E-state index contributed by atoms with van der Waals surface area (Å²) in [5.74, 6) is 1.20. The van der Waals surface area contributed by atoms with Crippen LogP contribution in [0.5, 0.6) is 5.75 Å². The molecule has 30 heavy (non-hydrogen) atoms. The van der Waals surface area contributed by atoms with Gasteiger partial charge in [0.05, 0.1) is 11.7 Å². The molecule has 6 heteroatoms. The van der Waals surface area contributed by atoms with E-state index in [-0.39, 0.29) is 24.1 Å². The van der Waals surface area contributed by atoms with E-state index < -0.39 is 0 Å². The van der Waals surface area contributed by atoms with Crippen molar-refractivity contribution in [3.8, 4) is 5.75 Å². The number of hydrogen-bond acceptors (Lipinski definition) is 4. The Balaban J connectivity index is 1.17. The molecular weight excluding hydrogens is 378 g/mol. The topological polar surface area (TPSA) is 64.4 Å². The van der Waals surface area contributed by atoms with Gasteiger partial charge in [0, 0.05) is 25.1 Å². The normalized spacial score (nSPS) is 17.3. The molecule has 2 fully saturated rings. The molecule has 2 aliphatic rings. The molecule has 1 aliphatic heterocycles. The van der Waals surface area contributed by atoms with Crippen LogP contribution in [0.4, 0.5) is 0 Å². The fourth-order valence-corrected chi connectivity index (χ4v) is 4.15. The molecule has 0 bridgehead atoms. The number of hydrogen-bond donors (Lipinski definition) is 0. The number of carbonyl (C=O) groups excluding carboxylic acids is 1. The zero-order valence-electron chi connectivity index (χ0n) is 16.9. The molecule has 1 aliphatic carbocycles. The van der Waals surface area contributed by atoms with Gasteiger partial charge in [-0.1, -0.05) is 30.3 Å². The molecule has 6 nitrogen and oxygen atoms in total. The number of nitrogens with zero attached hydrogens (tertiary/aromatic N) is 3. The fourth-order valence-electron chi connectivity index (χ4n) is 4.15. The summed E-state index contributed by atoms with van der Waals surface area (Å²) in [7, 11) is 0. The minimum absolute atomic E-state index is 0.0198. The van der Waals surface area contributed by atoms with E-state index in [1.54, 1.807) is 10.7 Å². The highest BCUT2D eigenvalue weighted by molar-refractivity contribution is 5.84. The Morgan fingerprint density at radius 3 is 2.50 bits per heavy atom. The van der Waals surface area contributed by atoms with Gasteiger partial charge in [0.1, 0.15) is 5.75 Å². The molecule has 154 valence electrons. The van der Waals surface area contributed by atoms with Crippen molar-refractivity contribution in [3.05, 3.63) is 70.6 Å². The lowest BCUT2D eigenvalue weighted by Crippen LogP contribution is -2.43. The Kier molecular flexibility index (Phi) is 4.99. The Hall–Kier alpha value is -3.15. The summed E-state index contributed by atoms with van der Waals surface area (Å²) in [6.07, 6.45) is 3.80. The molecule has 1 saturated carbocycles. The van der Waals surface area contributed by atoms with E-state index in [1.807, 2.05) is 47.4 Å². The first-order chi connectivity index (χ1) is 14.7. The average Bonchev–Trinajstić information content (AvgIpc) is 3.63. The summed E-state index contributed by atoms with van der Waals surface area (Å²) in [6.45, 7) is 1.26. The highest BCUT2D eigenvalue weighted by Crippen LogP contribution is 2.38. The first kappa shape index (κ1) is 18.9. The molecule has 0 N–H and O–H groups in total. The van der Waals surface area contributed by atoms with Crippen molar-refractivity contribution in [1.29, 1.82) is 0 Å². The fraction of sp³-hybridized carbons (Fsp3) is 0.375. The van der Waals surface area contributed by atoms with Crippen molar-refractivity contribution in [2.24, 2.45) is 0 Å². The SMILES string of the molecule is O=C(COc1ccc2ccccc2c1)N1CCC(n2nc(C3CC3)ccc2=O)CC1. The van der Waals surface area contributed by atoms with Gasteiger partial charge in [-0.25, -0.2) is 4.68 Å². The van der Waals surface area contributed by atoms with E-state index in [0.717, 1.165) is 42.1 Å². The van der Waals surface area contributed by atoms with Crippen molar-refractivity contribution in [2.45, 2.75) is 37.6 Å². The second-order valence-electron chi connectivity index (χ2n) is 8.22. The Bertz CT molecular complexity index is 1130. The minimum atomic E-state index is -0.0520. The van der Waals surface area contributed by atoms with Gasteiger partial charge >= 0.3 is 0 Å². The number of amides is 1. The van der Waals surface area contributed by atoms with Crippen LogP contribution in [0.2, 0.25) is 0 Å². The second-order valence-corrected chi connectivity index (χ2v) is 8.22. The second kappa shape index (κ2) is 7.94. The summed E-state index contributed by atoms with van der Waals surface area (Å²) in [5, 5.41) is 6.84. The molecule has 0 unspecified atom stereocenters. The van der Waals surface area contributed by atoms with E-state index in [4.69, 9.17) is 4.74 Å². The van der Waals surface area contributed by atoms with Crippen LogP contribution in [0.15, 0.2) is 59.4 Å². The number of benzene rings is 2. The summed E-state index contributed by atoms with van der Waals surface area (Å²) in [5.41, 5.74) is 0.973. The van der Waals surface area contributed by atoms with Crippen molar-refractivity contribution in [2.75, 3.05) is 19.7 Å². The number of piperidine rings is 1. The Labute approximate surface area is 175 Å². The smallest absolute Gasteiger partial charge is 0.267 e. The van der Waals surface area contributed by atoms with Crippen LogP contribution in [0, 0.1) is 0 Å². The number of ether oxygens (including phenoxy) is 1. The number of rotatable bonds is 5. The van der Waals surface area contributed by atoms with Gasteiger partial charge in [0.25, 0.3) is 11.5 Å². The molecule has 0 atom stereocenters. The third kappa shape index (κ3) is 3.95. The third-order valence-electron chi connectivity index (χ3n) is 6.09. The van der Waals surface area contributed by atoms with Crippen LogP contribution in [0.1, 0.15) is 43.3 Å². The molecule has 5 rings (SSSR count). The highest BCUT2D eigenvalue weighted by Gasteiger charge is 2.28. The van der Waals surface area contributed by atoms with Crippen LogP contribution < -0.4 is 10.3 Å². The van der Waals surface area contributed by atoms with E-state index in [9.17, 15) is 9.59 Å². The van der Waals surface area contributed by atoms with E-state index in [0.29, 0.717) is 24.8 Å². The van der Waals surface area contributed by atoms with Gasteiger partial charge in [-0.3, -0.25) is 9.59 Å². The summed E-state index contributed by atoms with van der Waals surface area (Å²) in [4.78, 5) is 26.7. The van der Waals surface area contributed by atoms with Gasteiger partial charge in [0.2, 0.25) is 0 Å². The number of aromatic nitrogens is 2. The number of fused-ring (bicyclic) bond motifs is 1. The van der Waals surface area contributed by atoms with Crippen LogP contribution in [0.25, 0.3) is 10.8 Å². The Morgan fingerprint density at radius 2 is 1.73 bits per heavy atom. The lowest BCUT2D eigenvalue weighted by atomic mass is 10.1. The molecular formula is C24H25N3O3. The summed E-state index contributed by atoms with van der Waals surface area (Å²) in [6, 6.07) is 17.5. The summed E-state index contributed by atoms with van der Waals surface area (Å²) >= 11 is 0. The third-order valence-corrected chi connectivity index (χ3v) is 6.09. The van der Waals surface area contributed by atoms with Crippen LogP contribution in [-0.2, 0) is 4.79 Å². The molecule has 1 saturated heterocycles. The molecule has 2 aromatic carbocycles. The number of carbonyl (C=O) groups is 1. The van der Waals surface area contributed by atoms with Gasteiger partial charge in [-0.2, -0.15) is 5.10 Å². The van der Waals surface area contributed by atoms with Crippen molar-refractivity contribution < 1.29 is 9.53 Å². The minimum Gasteiger partial charge on any atom is -0.484 e. The molecule has 1 amide bonds. The van der Waals surface area contributed by atoms with Crippen molar-refractivity contribution >= 4 is 16.7 Å². The molecule has 0 spiro atoms. The molecule has 2 heterocycles. The zero-order chi connectivity index (χ0) is 20.5. The molecule has 3 aromatic rings. The maximum atomic E-state index is 12.6. The predicted molar refractivity (Wildman–Crippen MR) is 115 cm³/mol. The summed E-state index contributed by atoms with van der Waals surface area (Å²) < 4.78 is 7.39. The van der Waals surface area contributed by atoms with Crippen molar-refractivity contribution in [1.82, 2.24) is 14.7 Å². The van der Waals surface area contributed by atoms with E-state index >= 15 is 0 Å². The monoisotopic (exact) mass is 403 g/mol. The van der Waals surface area contributed by atoms with Gasteiger partial charge in [-0.15, -0.1) is 0 Å². The number of likely N-dealkylation sites (tertiary alicyclic amines) is 1. The molecule has 1 aromatic heterocycles. The van der Waals surface area contributed by atoms with Crippen LogP contribution in [0.3, 0.4) is 0 Å². The predicted octanol–water partition coefficient (Wildman–Crippen LogP) is 3.52. The van der Waals surface area contributed by atoms with Crippen molar-refractivity contribution in [3.63, 3.8) is 0 Å². The molecule has 0 radical (unpaired) electrons. The van der Waals surface area contributed by atoms with Gasteiger partial charge < -0.3 is 9.64 Å². The van der Waals surface area contributed by atoms with Gasteiger partial charge in [0.15, 0.2) is 6.61 Å². The van der Waals surface area contributed by atoms with Crippen LogP contribution in [-0.4, -0.2) is 40.3 Å². The maximum absolute atomic E-state index is 12.6. The quantitative estimate of drug-likeness (QED) is 0.654. The highest BCUT2D eigenvalue weighted by atomic mass is 16.5. The van der Waals surface area contributed by atoms with Gasteiger partial charge in [-0.05, 0) is 54.7 Å². The van der Waals surface area contributed by atoms with E-state index in [1.165, 1.54) is 0 Å². The van der Waals surface area contributed by atoms with Crippen LogP contribution >= 0.6 is 0 Å². The largest absolute Gasteiger partial charge is 0.484 e. The lowest BCUT2D eigenvalue weighted by molar-refractivity contribution is -0.134. The standard InChI is InChI=1S/C24H25N3O3/c28-23-10-9-22(18-5-6-18)25-27(23)20-11-13-26(14-12-20)24(29)16-30-21-8-7-17-3-1-2-4-19(17)15-21/h1-4,7-10,15,18,20H,5-6,11-14,16H2. The first-order valence-corrected chi connectivity index (χ1v) is 10.7. The van der Waals surface area contributed by atoms with E-state index in [2.05, 4.69) is 11.2 Å². The maximum Gasteiger partial charge on any atom is 0.267 e. The average molecular weight is 403 g/mol. The lowest BCUT2D eigenvalue weighted by Gasteiger charge is -2.32. The zero-order valence-corrected chi connectivity index (χ0v) is 16.9. The first-order valence-electron chi connectivity index (χ1n) is 10.7.